The van der Waals surface area contributed by atoms with Crippen LogP contribution in [0.15, 0.2) is 23.3 Å². The number of carbonyl (C=O) groups is 2. The van der Waals surface area contributed by atoms with Crippen molar-refractivity contribution in [2.45, 2.75) is 38.8 Å². The molecular weight excluding hydrogens is 206 g/mol. The van der Waals surface area contributed by atoms with Crippen LogP contribution in [0, 0.1) is 0 Å². The van der Waals surface area contributed by atoms with E-state index in [1.807, 2.05) is 0 Å². The molecule has 0 radical (unpaired) electrons. The predicted molar refractivity (Wildman–Crippen MR) is 58.0 cm³/mol. The highest BCUT2D eigenvalue weighted by atomic mass is 16.5. The summed E-state index contributed by atoms with van der Waals surface area (Å²) in [5.41, 5.74) is -0.827. The highest BCUT2D eigenvalue weighted by Gasteiger charge is 2.55. The first-order valence-electron chi connectivity index (χ1n) is 5.22. The Balaban J connectivity index is 2.72. The molecule has 0 saturated heterocycles. The maximum Gasteiger partial charge on any atom is 0.184 e. The van der Waals surface area contributed by atoms with Crippen molar-refractivity contribution in [2.75, 3.05) is 0 Å². The summed E-state index contributed by atoms with van der Waals surface area (Å²) >= 11 is 0. The molecule has 0 spiro atoms. The smallest absolute Gasteiger partial charge is 0.184 e. The molecule has 0 saturated carbocycles. The van der Waals surface area contributed by atoms with E-state index in [4.69, 9.17) is 0 Å². The Hall–Kier alpha value is -1.26. The molecule has 0 aromatic heterocycles. The number of allylic oxidation sites excluding steroid dienone is 2. The number of hydrogen-bond donors (Lipinski definition) is 1. The number of hydrogen-bond acceptors (Lipinski definition) is 4. The third-order valence-electron chi connectivity index (χ3n) is 3.41. The Morgan fingerprint density at radius 3 is 1.56 bits per heavy atom. The Labute approximate surface area is 94.2 Å². The summed E-state index contributed by atoms with van der Waals surface area (Å²) in [4.78, 5) is 23.7. The average molecular weight is 221 g/mol. The van der Waals surface area contributed by atoms with Gasteiger partial charge < -0.3 is 5.21 Å². The lowest BCUT2D eigenvalue weighted by atomic mass is 9.82. The van der Waals surface area contributed by atoms with Crippen LogP contribution in [0.1, 0.15) is 27.7 Å². The number of carbonyl (C=O) groups excluding carboxylic acids is 2. The maximum absolute atomic E-state index is 11.8. The standard InChI is InChI=1S/C12H15NO3/c1-11(2)9-7(14)5-6-8(15)10(9)12(3,4)13(11)16/h5-6,16H,1-4H3. The second kappa shape index (κ2) is 2.90. The molecule has 1 N–H and O–H groups in total. The molecule has 2 aliphatic rings. The van der Waals surface area contributed by atoms with E-state index in [1.54, 1.807) is 27.7 Å². The van der Waals surface area contributed by atoms with Gasteiger partial charge in [0.25, 0.3) is 0 Å². The summed E-state index contributed by atoms with van der Waals surface area (Å²) in [7, 11) is 0. The number of rotatable bonds is 0. The van der Waals surface area contributed by atoms with E-state index in [1.165, 1.54) is 12.2 Å². The first-order chi connectivity index (χ1) is 7.20. The van der Waals surface area contributed by atoms with Crippen molar-refractivity contribution in [2.24, 2.45) is 0 Å². The fourth-order valence-electron chi connectivity index (χ4n) is 2.69. The maximum atomic E-state index is 11.8. The Kier molecular flexibility index (Phi) is 2.03. The third kappa shape index (κ3) is 1.11. The van der Waals surface area contributed by atoms with Crippen LogP contribution in [-0.4, -0.2) is 32.9 Å². The van der Waals surface area contributed by atoms with E-state index in [9.17, 15) is 14.8 Å². The largest absolute Gasteiger partial charge is 0.312 e. The van der Waals surface area contributed by atoms with Gasteiger partial charge >= 0.3 is 0 Å². The zero-order chi connectivity index (χ0) is 12.3. The van der Waals surface area contributed by atoms with Gasteiger partial charge in [-0.25, -0.2) is 0 Å². The summed E-state index contributed by atoms with van der Waals surface area (Å²) < 4.78 is 0. The van der Waals surface area contributed by atoms with E-state index in [0.717, 1.165) is 5.06 Å². The summed E-state index contributed by atoms with van der Waals surface area (Å²) in [6.45, 7) is 6.95. The van der Waals surface area contributed by atoms with Crippen molar-refractivity contribution in [3.05, 3.63) is 23.3 Å². The van der Waals surface area contributed by atoms with E-state index in [-0.39, 0.29) is 11.6 Å². The first kappa shape index (κ1) is 11.2. The average Bonchev–Trinajstić information content (AvgIpc) is 2.32. The molecule has 0 aromatic carbocycles. The van der Waals surface area contributed by atoms with Crippen molar-refractivity contribution < 1.29 is 14.8 Å². The summed E-state index contributed by atoms with van der Waals surface area (Å²) in [5, 5.41) is 11.2. The number of nitrogens with zero attached hydrogens (tertiary/aromatic N) is 1. The number of ketones is 2. The SMILES string of the molecule is CC1(C)C2=C(C(=O)C=CC2=O)C(C)(C)N1O. The van der Waals surface area contributed by atoms with E-state index in [2.05, 4.69) is 0 Å². The molecule has 0 atom stereocenters. The molecule has 16 heavy (non-hydrogen) atoms. The fraction of sp³-hybridized carbons (Fsp3) is 0.500. The molecule has 1 heterocycles. The Morgan fingerprint density at radius 2 is 1.25 bits per heavy atom. The van der Waals surface area contributed by atoms with Gasteiger partial charge in [0, 0.05) is 11.1 Å². The Bertz CT molecular complexity index is 415. The third-order valence-corrected chi connectivity index (χ3v) is 3.41. The second-order valence-electron chi connectivity index (χ2n) is 5.24. The van der Waals surface area contributed by atoms with Crippen molar-refractivity contribution in [1.29, 1.82) is 0 Å². The van der Waals surface area contributed by atoms with E-state index >= 15 is 0 Å². The van der Waals surface area contributed by atoms with Crippen molar-refractivity contribution in [1.82, 2.24) is 5.06 Å². The van der Waals surface area contributed by atoms with Crippen LogP contribution in [0.25, 0.3) is 0 Å². The first-order valence-corrected chi connectivity index (χ1v) is 5.22. The monoisotopic (exact) mass is 221 g/mol. The normalized spacial score (nSPS) is 27.6. The zero-order valence-corrected chi connectivity index (χ0v) is 9.87. The quantitative estimate of drug-likeness (QED) is 0.625. The molecule has 0 bridgehead atoms. The van der Waals surface area contributed by atoms with Crippen LogP contribution in [-0.2, 0) is 9.59 Å². The summed E-state index contributed by atoms with van der Waals surface area (Å²) in [6, 6.07) is 0. The molecule has 4 heteroatoms. The van der Waals surface area contributed by atoms with Crippen LogP contribution in [0.3, 0.4) is 0 Å². The molecule has 0 fully saturated rings. The lowest BCUT2D eigenvalue weighted by molar-refractivity contribution is -0.187. The minimum absolute atomic E-state index is 0.191. The molecule has 0 aromatic rings. The highest BCUT2D eigenvalue weighted by Crippen LogP contribution is 2.45. The van der Waals surface area contributed by atoms with Gasteiger partial charge in [-0.2, -0.15) is 5.06 Å². The molecular formula is C12H15NO3. The molecule has 0 unspecified atom stereocenters. The molecule has 4 nitrogen and oxygen atoms in total. The van der Waals surface area contributed by atoms with Gasteiger partial charge in [0.2, 0.25) is 0 Å². The fourth-order valence-corrected chi connectivity index (χ4v) is 2.69. The summed E-state index contributed by atoms with van der Waals surface area (Å²) in [5.74, 6) is -0.381. The predicted octanol–water partition coefficient (Wildman–Crippen LogP) is 1.25. The second-order valence-corrected chi connectivity index (χ2v) is 5.24. The number of hydroxylamine groups is 2. The van der Waals surface area contributed by atoms with Crippen molar-refractivity contribution in [3.8, 4) is 0 Å². The van der Waals surface area contributed by atoms with Gasteiger partial charge in [-0.1, -0.05) is 0 Å². The van der Waals surface area contributed by atoms with Gasteiger partial charge in [0.15, 0.2) is 11.6 Å². The van der Waals surface area contributed by atoms with Gasteiger partial charge in [-0.3, -0.25) is 9.59 Å². The minimum Gasteiger partial charge on any atom is -0.312 e. The molecule has 0 amide bonds. The van der Waals surface area contributed by atoms with Crippen LogP contribution in [0.4, 0.5) is 0 Å². The van der Waals surface area contributed by atoms with Crippen LogP contribution in [0.5, 0.6) is 0 Å². The lowest BCUT2D eigenvalue weighted by Crippen LogP contribution is -2.49. The topological polar surface area (TPSA) is 57.6 Å². The van der Waals surface area contributed by atoms with Crippen LogP contribution >= 0.6 is 0 Å². The van der Waals surface area contributed by atoms with Crippen LogP contribution in [0.2, 0.25) is 0 Å². The van der Waals surface area contributed by atoms with Gasteiger partial charge in [-0.05, 0) is 39.8 Å². The van der Waals surface area contributed by atoms with Gasteiger partial charge in [0.1, 0.15) is 0 Å². The van der Waals surface area contributed by atoms with Gasteiger partial charge in [-0.15, -0.1) is 0 Å². The molecule has 2 rings (SSSR count). The lowest BCUT2D eigenvalue weighted by Gasteiger charge is -2.36. The van der Waals surface area contributed by atoms with E-state index < -0.39 is 11.1 Å². The Morgan fingerprint density at radius 1 is 0.938 bits per heavy atom. The zero-order valence-electron chi connectivity index (χ0n) is 9.87. The van der Waals surface area contributed by atoms with Crippen molar-refractivity contribution >= 4 is 11.6 Å². The van der Waals surface area contributed by atoms with Crippen LogP contribution < -0.4 is 0 Å². The minimum atomic E-state index is -0.823. The molecule has 1 aliphatic heterocycles. The molecule has 1 aliphatic carbocycles. The summed E-state index contributed by atoms with van der Waals surface area (Å²) in [6.07, 6.45) is 2.55. The molecule has 86 valence electrons. The van der Waals surface area contributed by atoms with E-state index in [0.29, 0.717) is 11.1 Å². The van der Waals surface area contributed by atoms with Gasteiger partial charge in [0.05, 0.1) is 11.1 Å². The highest BCUT2D eigenvalue weighted by molar-refractivity contribution is 6.22. The van der Waals surface area contributed by atoms with Crippen molar-refractivity contribution in [3.63, 3.8) is 0 Å².